The molecule has 0 aliphatic heterocycles. The number of phenols is 2. The van der Waals surface area contributed by atoms with E-state index in [4.69, 9.17) is 4.74 Å². The van der Waals surface area contributed by atoms with Gasteiger partial charge in [0.2, 0.25) is 5.75 Å². The van der Waals surface area contributed by atoms with Crippen LogP contribution >= 0.6 is 0 Å². The Kier molecular flexibility index (Phi) is 2.36. The van der Waals surface area contributed by atoms with E-state index in [1.165, 1.54) is 7.11 Å². The zero-order chi connectivity index (χ0) is 10.2. The van der Waals surface area contributed by atoms with Crippen molar-refractivity contribution in [2.24, 2.45) is 0 Å². The van der Waals surface area contributed by atoms with Gasteiger partial charge in [-0.2, -0.15) is 0 Å². The number of benzene rings is 1. The van der Waals surface area contributed by atoms with Crippen LogP contribution in [0.5, 0.6) is 17.2 Å². The van der Waals surface area contributed by atoms with E-state index < -0.39 is 0 Å². The van der Waals surface area contributed by atoms with Crippen molar-refractivity contribution in [3.8, 4) is 17.2 Å². The Hall–Kier alpha value is -1.38. The Morgan fingerprint density at radius 3 is 1.54 bits per heavy atom. The summed E-state index contributed by atoms with van der Waals surface area (Å²) in [7, 11) is 1.42. The van der Waals surface area contributed by atoms with Gasteiger partial charge in [0.1, 0.15) is 0 Å². The Labute approximate surface area is 77.6 Å². The van der Waals surface area contributed by atoms with Crippen LogP contribution in [0.15, 0.2) is 0 Å². The fourth-order valence-electron chi connectivity index (χ4n) is 1.28. The summed E-state index contributed by atoms with van der Waals surface area (Å²) in [6, 6.07) is 0. The SMILES string of the molecule is COc1c(O)c(C)c(C)c(C)c1O. The first-order valence-corrected chi connectivity index (χ1v) is 4.06. The van der Waals surface area contributed by atoms with E-state index >= 15 is 0 Å². The van der Waals surface area contributed by atoms with Gasteiger partial charge < -0.3 is 14.9 Å². The predicted molar refractivity (Wildman–Crippen MR) is 50.5 cm³/mol. The van der Waals surface area contributed by atoms with Crippen LogP contribution in [0, 0.1) is 20.8 Å². The molecule has 1 rings (SSSR count). The molecule has 0 aliphatic rings. The lowest BCUT2D eigenvalue weighted by Crippen LogP contribution is -1.93. The number of rotatable bonds is 1. The van der Waals surface area contributed by atoms with Gasteiger partial charge >= 0.3 is 0 Å². The quantitative estimate of drug-likeness (QED) is 0.698. The summed E-state index contributed by atoms with van der Waals surface area (Å²) in [5, 5.41) is 19.2. The molecule has 0 radical (unpaired) electrons. The molecule has 0 bridgehead atoms. The van der Waals surface area contributed by atoms with Gasteiger partial charge in [0, 0.05) is 0 Å². The third kappa shape index (κ3) is 1.30. The van der Waals surface area contributed by atoms with E-state index in [0.29, 0.717) is 0 Å². The largest absolute Gasteiger partial charge is 0.504 e. The van der Waals surface area contributed by atoms with Gasteiger partial charge in [-0.1, -0.05) is 0 Å². The molecule has 0 aliphatic carbocycles. The first kappa shape index (κ1) is 9.71. The van der Waals surface area contributed by atoms with E-state index in [-0.39, 0.29) is 17.2 Å². The molecule has 0 amide bonds. The minimum atomic E-state index is 0.0168. The molecule has 13 heavy (non-hydrogen) atoms. The monoisotopic (exact) mass is 182 g/mol. The van der Waals surface area contributed by atoms with Crippen molar-refractivity contribution < 1.29 is 14.9 Å². The van der Waals surface area contributed by atoms with Crippen LogP contribution in [-0.2, 0) is 0 Å². The summed E-state index contributed by atoms with van der Waals surface area (Å²) in [5.74, 6) is 0.187. The summed E-state index contributed by atoms with van der Waals surface area (Å²) in [6.07, 6.45) is 0. The third-order valence-corrected chi connectivity index (χ3v) is 2.47. The van der Waals surface area contributed by atoms with Gasteiger partial charge in [0.25, 0.3) is 0 Å². The number of hydrogen-bond donors (Lipinski definition) is 2. The molecular formula is C10H14O3. The molecule has 0 atom stereocenters. The van der Waals surface area contributed by atoms with Crippen molar-refractivity contribution in [3.63, 3.8) is 0 Å². The fraction of sp³-hybridized carbons (Fsp3) is 0.400. The number of hydrogen-bond acceptors (Lipinski definition) is 3. The van der Waals surface area contributed by atoms with Crippen LogP contribution < -0.4 is 4.74 Å². The van der Waals surface area contributed by atoms with Crippen LogP contribution in [0.25, 0.3) is 0 Å². The Morgan fingerprint density at radius 1 is 0.846 bits per heavy atom. The average molecular weight is 182 g/mol. The number of ether oxygens (including phenoxy) is 1. The molecule has 1 aromatic rings. The maximum atomic E-state index is 9.60. The van der Waals surface area contributed by atoms with Crippen molar-refractivity contribution in [1.82, 2.24) is 0 Å². The summed E-state index contributed by atoms with van der Waals surface area (Å²) in [6.45, 7) is 5.43. The minimum Gasteiger partial charge on any atom is -0.504 e. The first-order chi connectivity index (χ1) is 6.00. The van der Waals surface area contributed by atoms with E-state index in [1.54, 1.807) is 13.8 Å². The standard InChI is InChI=1S/C10H14O3/c1-5-6(2)8(11)10(13-4)9(12)7(5)3/h11-12H,1-4H3. The molecule has 72 valence electrons. The van der Waals surface area contributed by atoms with Crippen molar-refractivity contribution in [3.05, 3.63) is 16.7 Å². The van der Waals surface area contributed by atoms with Gasteiger partial charge in [0.05, 0.1) is 7.11 Å². The summed E-state index contributed by atoms with van der Waals surface area (Å²) < 4.78 is 4.89. The second kappa shape index (κ2) is 3.17. The molecule has 0 spiro atoms. The average Bonchev–Trinajstić information content (AvgIpc) is 2.13. The maximum Gasteiger partial charge on any atom is 0.203 e. The molecule has 0 saturated heterocycles. The van der Waals surface area contributed by atoms with E-state index in [2.05, 4.69) is 0 Å². The van der Waals surface area contributed by atoms with Crippen LogP contribution in [-0.4, -0.2) is 17.3 Å². The molecule has 0 saturated carbocycles. The van der Waals surface area contributed by atoms with Crippen molar-refractivity contribution in [2.45, 2.75) is 20.8 Å². The Bertz CT molecular complexity index is 314. The van der Waals surface area contributed by atoms with Crippen LogP contribution in [0.3, 0.4) is 0 Å². The van der Waals surface area contributed by atoms with E-state index in [1.807, 2.05) is 6.92 Å². The van der Waals surface area contributed by atoms with Crippen LogP contribution in [0.1, 0.15) is 16.7 Å². The molecule has 3 heteroatoms. The lowest BCUT2D eigenvalue weighted by atomic mass is 10.0. The molecule has 0 fully saturated rings. The highest BCUT2D eigenvalue weighted by atomic mass is 16.5. The molecule has 0 unspecified atom stereocenters. The van der Waals surface area contributed by atoms with Crippen molar-refractivity contribution >= 4 is 0 Å². The number of aromatic hydroxyl groups is 2. The summed E-state index contributed by atoms with van der Waals surface area (Å²) >= 11 is 0. The second-order valence-electron chi connectivity index (χ2n) is 3.11. The van der Waals surface area contributed by atoms with Crippen molar-refractivity contribution in [2.75, 3.05) is 7.11 Å². The van der Waals surface area contributed by atoms with Gasteiger partial charge in [-0.15, -0.1) is 0 Å². The van der Waals surface area contributed by atoms with Gasteiger partial charge in [0.15, 0.2) is 11.5 Å². The highest BCUT2D eigenvalue weighted by Gasteiger charge is 2.16. The maximum absolute atomic E-state index is 9.60. The Balaban J connectivity index is 3.56. The first-order valence-electron chi connectivity index (χ1n) is 4.06. The minimum absolute atomic E-state index is 0.0168. The normalized spacial score (nSPS) is 10.2. The van der Waals surface area contributed by atoms with Gasteiger partial charge in [-0.05, 0) is 37.5 Å². The molecule has 0 heterocycles. The highest BCUT2D eigenvalue weighted by molar-refractivity contribution is 5.61. The van der Waals surface area contributed by atoms with E-state index in [9.17, 15) is 10.2 Å². The van der Waals surface area contributed by atoms with E-state index in [0.717, 1.165) is 16.7 Å². The summed E-state index contributed by atoms with van der Waals surface area (Å²) in [5.41, 5.74) is 2.37. The highest BCUT2D eigenvalue weighted by Crippen LogP contribution is 2.42. The lowest BCUT2D eigenvalue weighted by Gasteiger charge is -2.13. The molecule has 3 nitrogen and oxygen atoms in total. The number of phenolic OH excluding ortho intramolecular Hbond substituents is 2. The van der Waals surface area contributed by atoms with Crippen molar-refractivity contribution in [1.29, 1.82) is 0 Å². The van der Waals surface area contributed by atoms with Gasteiger partial charge in [-0.3, -0.25) is 0 Å². The zero-order valence-corrected chi connectivity index (χ0v) is 8.30. The topological polar surface area (TPSA) is 49.7 Å². The third-order valence-electron chi connectivity index (χ3n) is 2.47. The Morgan fingerprint density at radius 2 is 1.23 bits per heavy atom. The lowest BCUT2D eigenvalue weighted by molar-refractivity contribution is 0.341. The molecule has 1 aromatic carbocycles. The summed E-state index contributed by atoms with van der Waals surface area (Å²) in [4.78, 5) is 0. The fourth-order valence-corrected chi connectivity index (χ4v) is 1.28. The zero-order valence-electron chi connectivity index (χ0n) is 8.30. The smallest absolute Gasteiger partial charge is 0.203 e. The van der Waals surface area contributed by atoms with Gasteiger partial charge in [-0.25, -0.2) is 0 Å². The molecule has 0 aromatic heterocycles. The molecular weight excluding hydrogens is 168 g/mol. The van der Waals surface area contributed by atoms with Crippen LogP contribution in [0.4, 0.5) is 0 Å². The molecule has 2 N–H and O–H groups in total. The predicted octanol–water partition coefficient (Wildman–Crippen LogP) is 2.03. The second-order valence-corrected chi connectivity index (χ2v) is 3.11. The van der Waals surface area contributed by atoms with Crippen LogP contribution in [0.2, 0.25) is 0 Å². The number of methoxy groups -OCH3 is 1.